The molecule has 3 rings (SSSR count). The lowest BCUT2D eigenvalue weighted by molar-refractivity contribution is 0.357. The van der Waals surface area contributed by atoms with Gasteiger partial charge in [-0.1, -0.05) is 12.1 Å². The summed E-state index contributed by atoms with van der Waals surface area (Å²) in [6.07, 6.45) is 4.84. The zero-order chi connectivity index (χ0) is 13.1. The lowest BCUT2D eigenvalue weighted by atomic mass is 10.1. The standard InChI is InChI=1S/C15H19N3O/c1-12(11-18-7-2-6-17-18)16-10-13-3-4-15-14(9-13)5-8-19-15/h2-4,6-7,9,12,16H,5,8,10-11H2,1H3/t12-/m1/s1. The van der Waals surface area contributed by atoms with Crippen molar-refractivity contribution in [2.45, 2.75) is 32.5 Å². The van der Waals surface area contributed by atoms with Crippen LogP contribution in [0.4, 0.5) is 0 Å². The van der Waals surface area contributed by atoms with Crippen LogP contribution in [0.5, 0.6) is 5.75 Å². The predicted molar refractivity (Wildman–Crippen MR) is 74.2 cm³/mol. The Kier molecular flexibility index (Phi) is 3.51. The molecule has 1 aliphatic rings. The zero-order valence-electron chi connectivity index (χ0n) is 11.2. The number of hydrogen-bond donors (Lipinski definition) is 1. The predicted octanol–water partition coefficient (Wildman–Crippen LogP) is 2.00. The van der Waals surface area contributed by atoms with E-state index in [1.165, 1.54) is 11.1 Å². The molecule has 0 radical (unpaired) electrons. The van der Waals surface area contributed by atoms with E-state index in [2.05, 4.69) is 35.5 Å². The molecule has 19 heavy (non-hydrogen) atoms. The summed E-state index contributed by atoms with van der Waals surface area (Å²) >= 11 is 0. The molecule has 1 aromatic carbocycles. The van der Waals surface area contributed by atoms with Crippen molar-refractivity contribution in [1.29, 1.82) is 0 Å². The Morgan fingerprint density at radius 3 is 3.26 bits per heavy atom. The van der Waals surface area contributed by atoms with Crippen molar-refractivity contribution in [3.63, 3.8) is 0 Å². The maximum atomic E-state index is 5.52. The first-order chi connectivity index (χ1) is 9.31. The Bertz CT molecular complexity index is 536. The van der Waals surface area contributed by atoms with Crippen LogP contribution < -0.4 is 10.1 Å². The second-order valence-electron chi connectivity index (χ2n) is 5.05. The lowest BCUT2D eigenvalue weighted by Gasteiger charge is -2.14. The summed E-state index contributed by atoms with van der Waals surface area (Å²) in [5.41, 5.74) is 2.65. The van der Waals surface area contributed by atoms with Crippen molar-refractivity contribution in [3.8, 4) is 5.75 Å². The van der Waals surface area contributed by atoms with E-state index < -0.39 is 0 Å². The van der Waals surface area contributed by atoms with Crippen molar-refractivity contribution in [2.24, 2.45) is 0 Å². The van der Waals surface area contributed by atoms with E-state index in [1.54, 1.807) is 0 Å². The molecule has 0 bridgehead atoms. The van der Waals surface area contributed by atoms with Gasteiger partial charge in [-0.05, 0) is 30.2 Å². The first-order valence-electron chi connectivity index (χ1n) is 6.77. The molecule has 0 aliphatic carbocycles. The molecule has 0 spiro atoms. The molecule has 0 amide bonds. The van der Waals surface area contributed by atoms with Crippen LogP contribution in [0.2, 0.25) is 0 Å². The van der Waals surface area contributed by atoms with Crippen LogP contribution in [0.25, 0.3) is 0 Å². The molecule has 4 heteroatoms. The van der Waals surface area contributed by atoms with Crippen LogP contribution in [0.1, 0.15) is 18.1 Å². The van der Waals surface area contributed by atoms with Gasteiger partial charge in [-0.15, -0.1) is 0 Å². The van der Waals surface area contributed by atoms with Gasteiger partial charge in [-0.3, -0.25) is 4.68 Å². The molecule has 1 N–H and O–H groups in total. The molecule has 1 aliphatic heterocycles. The fraction of sp³-hybridized carbons (Fsp3) is 0.400. The average molecular weight is 257 g/mol. The third kappa shape index (κ3) is 2.96. The summed E-state index contributed by atoms with van der Waals surface area (Å²) in [5.74, 6) is 1.05. The highest BCUT2D eigenvalue weighted by Gasteiger charge is 2.12. The van der Waals surface area contributed by atoms with E-state index in [-0.39, 0.29) is 0 Å². The van der Waals surface area contributed by atoms with Crippen molar-refractivity contribution in [3.05, 3.63) is 47.8 Å². The quantitative estimate of drug-likeness (QED) is 0.890. The van der Waals surface area contributed by atoms with Gasteiger partial charge in [-0.25, -0.2) is 0 Å². The monoisotopic (exact) mass is 257 g/mol. The summed E-state index contributed by atoms with van der Waals surface area (Å²) in [7, 11) is 0. The third-order valence-corrected chi connectivity index (χ3v) is 3.43. The minimum atomic E-state index is 0.393. The Morgan fingerprint density at radius 2 is 2.42 bits per heavy atom. The van der Waals surface area contributed by atoms with Crippen molar-refractivity contribution >= 4 is 0 Å². The molecule has 0 unspecified atom stereocenters. The van der Waals surface area contributed by atoms with Crippen LogP contribution in [-0.2, 0) is 19.5 Å². The van der Waals surface area contributed by atoms with E-state index in [0.29, 0.717) is 6.04 Å². The number of nitrogens with one attached hydrogen (secondary N) is 1. The van der Waals surface area contributed by atoms with Crippen molar-refractivity contribution < 1.29 is 4.74 Å². The Morgan fingerprint density at radius 1 is 1.47 bits per heavy atom. The summed E-state index contributed by atoms with van der Waals surface area (Å²) in [6.45, 7) is 4.77. The number of benzene rings is 1. The summed E-state index contributed by atoms with van der Waals surface area (Å²) in [6, 6.07) is 8.81. The number of rotatable bonds is 5. The summed E-state index contributed by atoms with van der Waals surface area (Å²) in [4.78, 5) is 0. The summed E-state index contributed by atoms with van der Waals surface area (Å²) < 4.78 is 7.47. The topological polar surface area (TPSA) is 39.1 Å². The Hall–Kier alpha value is -1.81. The van der Waals surface area contributed by atoms with Crippen molar-refractivity contribution in [1.82, 2.24) is 15.1 Å². The highest BCUT2D eigenvalue weighted by molar-refractivity contribution is 5.39. The smallest absolute Gasteiger partial charge is 0.122 e. The highest BCUT2D eigenvalue weighted by Crippen LogP contribution is 2.25. The Balaban J connectivity index is 1.54. The maximum absolute atomic E-state index is 5.52. The van der Waals surface area contributed by atoms with E-state index in [1.807, 2.05) is 23.1 Å². The van der Waals surface area contributed by atoms with Crippen LogP contribution >= 0.6 is 0 Å². The molecule has 4 nitrogen and oxygen atoms in total. The SMILES string of the molecule is C[C@H](Cn1cccn1)NCc1ccc2c(c1)CCO2. The van der Waals surface area contributed by atoms with Gasteiger partial charge in [0.25, 0.3) is 0 Å². The van der Waals surface area contributed by atoms with Gasteiger partial charge in [0.2, 0.25) is 0 Å². The number of hydrogen-bond acceptors (Lipinski definition) is 3. The van der Waals surface area contributed by atoms with E-state index in [4.69, 9.17) is 4.74 Å². The van der Waals surface area contributed by atoms with Crippen LogP contribution in [0.15, 0.2) is 36.7 Å². The molecular weight excluding hydrogens is 238 g/mol. The molecule has 0 saturated carbocycles. The Labute approximate surface area is 113 Å². The van der Waals surface area contributed by atoms with Crippen LogP contribution in [0, 0.1) is 0 Å². The maximum Gasteiger partial charge on any atom is 0.122 e. The lowest BCUT2D eigenvalue weighted by Crippen LogP contribution is -2.30. The molecule has 100 valence electrons. The second-order valence-corrected chi connectivity index (χ2v) is 5.05. The number of nitrogens with zero attached hydrogens (tertiary/aromatic N) is 2. The van der Waals surface area contributed by atoms with E-state index >= 15 is 0 Å². The minimum absolute atomic E-state index is 0.393. The van der Waals surface area contributed by atoms with E-state index in [9.17, 15) is 0 Å². The molecule has 0 fully saturated rings. The second kappa shape index (κ2) is 5.45. The number of ether oxygens (including phenoxy) is 1. The van der Waals surface area contributed by atoms with Crippen LogP contribution in [0.3, 0.4) is 0 Å². The minimum Gasteiger partial charge on any atom is -0.493 e. The molecule has 2 aromatic rings. The van der Waals surface area contributed by atoms with Gasteiger partial charge in [-0.2, -0.15) is 5.10 Å². The fourth-order valence-corrected chi connectivity index (χ4v) is 2.40. The van der Waals surface area contributed by atoms with Gasteiger partial charge >= 0.3 is 0 Å². The largest absolute Gasteiger partial charge is 0.493 e. The van der Waals surface area contributed by atoms with Gasteiger partial charge in [0.05, 0.1) is 13.2 Å². The van der Waals surface area contributed by atoms with Crippen LogP contribution in [-0.4, -0.2) is 22.4 Å². The van der Waals surface area contributed by atoms with Gasteiger partial charge in [0.1, 0.15) is 5.75 Å². The van der Waals surface area contributed by atoms with E-state index in [0.717, 1.165) is 31.9 Å². The molecule has 1 aromatic heterocycles. The van der Waals surface area contributed by atoms with Crippen molar-refractivity contribution in [2.75, 3.05) is 6.61 Å². The molecular formula is C15H19N3O. The zero-order valence-corrected chi connectivity index (χ0v) is 11.2. The molecule has 1 atom stereocenters. The first-order valence-corrected chi connectivity index (χ1v) is 6.77. The third-order valence-electron chi connectivity index (χ3n) is 3.43. The van der Waals surface area contributed by atoms with Gasteiger partial charge < -0.3 is 10.1 Å². The first kappa shape index (κ1) is 12.2. The number of fused-ring (bicyclic) bond motifs is 1. The number of aromatic nitrogens is 2. The van der Waals surface area contributed by atoms with Gasteiger partial charge in [0, 0.05) is 31.4 Å². The molecule has 0 saturated heterocycles. The van der Waals surface area contributed by atoms with Gasteiger partial charge in [0.15, 0.2) is 0 Å². The summed E-state index contributed by atoms with van der Waals surface area (Å²) in [5, 5.41) is 7.75. The fourth-order valence-electron chi connectivity index (χ4n) is 2.40. The highest BCUT2D eigenvalue weighted by atomic mass is 16.5. The molecule has 2 heterocycles. The average Bonchev–Trinajstić information content (AvgIpc) is 3.06. The normalized spacial score (nSPS) is 15.0.